The number of nitrogens with zero attached hydrogens (tertiary/aromatic N) is 3. The van der Waals surface area contributed by atoms with Crippen LogP contribution >= 0.6 is 11.8 Å². The number of aliphatic imine (C=N–C) groups is 1. The maximum atomic E-state index is 13.8. The van der Waals surface area contributed by atoms with Gasteiger partial charge in [-0.25, -0.2) is 9.79 Å². The number of hydrogen-bond acceptors (Lipinski definition) is 10. The van der Waals surface area contributed by atoms with Crippen LogP contribution in [0.1, 0.15) is 50.3 Å². The molecule has 0 aliphatic carbocycles. The summed E-state index contributed by atoms with van der Waals surface area (Å²) in [5, 5.41) is 2.55. The molecule has 1 saturated heterocycles. The van der Waals surface area contributed by atoms with Gasteiger partial charge in [0.15, 0.2) is 5.17 Å². The average molecular weight is 620 g/mol. The predicted octanol–water partition coefficient (Wildman–Crippen LogP) is 5.21. The van der Waals surface area contributed by atoms with Crippen molar-refractivity contribution in [3.05, 3.63) is 82.0 Å². The van der Waals surface area contributed by atoms with Crippen LogP contribution in [0.4, 0.5) is 0 Å². The quantitative estimate of drug-likeness (QED) is 0.331. The van der Waals surface area contributed by atoms with Crippen molar-refractivity contribution in [3.8, 4) is 11.5 Å². The van der Waals surface area contributed by atoms with E-state index in [1.807, 2.05) is 52.8 Å². The van der Waals surface area contributed by atoms with Crippen LogP contribution in [-0.4, -0.2) is 66.7 Å². The van der Waals surface area contributed by atoms with Crippen molar-refractivity contribution in [2.24, 2.45) is 10.9 Å². The van der Waals surface area contributed by atoms with E-state index in [2.05, 4.69) is 0 Å². The molecule has 1 amide bonds. The molecule has 0 aromatic heterocycles. The molecule has 3 aliphatic rings. The number of carbonyl (C=O) groups excluding carboxylic acids is 3. The Morgan fingerprint density at radius 3 is 2.43 bits per heavy atom. The molecule has 44 heavy (non-hydrogen) atoms. The van der Waals surface area contributed by atoms with Gasteiger partial charge in [0.2, 0.25) is 5.91 Å². The number of esters is 2. The standard InChI is InChI=1S/C33H37N3O7S/c1-5-42-31(38)23-12-9-13-35(18-23)28(37)16-25-20-44-33-34-21(2)29(32(39)43-19-22-10-7-6-8-11-22)30(36(25)33)24-14-26(40-3)17-27(15-24)41-4/h6-8,10-11,14-15,17,20,23,30H,5,9,12-13,16,18-19H2,1-4H3/t23-,30+/m0/s1. The molecular formula is C33H37N3O7S. The van der Waals surface area contributed by atoms with Gasteiger partial charge in [0.25, 0.3) is 0 Å². The van der Waals surface area contributed by atoms with Crippen LogP contribution in [0, 0.1) is 5.92 Å². The molecule has 10 nitrogen and oxygen atoms in total. The minimum Gasteiger partial charge on any atom is -0.497 e. The van der Waals surface area contributed by atoms with E-state index in [9.17, 15) is 14.4 Å². The van der Waals surface area contributed by atoms with Gasteiger partial charge in [0.1, 0.15) is 18.1 Å². The third kappa shape index (κ3) is 6.77. The Bertz CT molecular complexity index is 1480. The second-order valence-electron chi connectivity index (χ2n) is 10.7. The summed E-state index contributed by atoms with van der Waals surface area (Å²) in [6, 6.07) is 14.3. The molecule has 0 spiro atoms. The van der Waals surface area contributed by atoms with Crippen LogP contribution in [0.2, 0.25) is 0 Å². The van der Waals surface area contributed by atoms with Crippen molar-refractivity contribution < 1.29 is 33.3 Å². The lowest BCUT2D eigenvalue weighted by Crippen LogP contribution is -2.44. The summed E-state index contributed by atoms with van der Waals surface area (Å²) in [5.74, 6) is -0.0854. The Morgan fingerprint density at radius 2 is 1.75 bits per heavy atom. The van der Waals surface area contributed by atoms with Crippen LogP contribution in [-0.2, 0) is 30.5 Å². The molecule has 3 aliphatic heterocycles. The lowest BCUT2D eigenvalue weighted by molar-refractivity contribution is -0.151. The van der Waals surface area contributed by atoms with Crippen molar-refractivity contribution in [1.82, 2.24) is 9.80 Å². The Morgan fingerprint density at radius 1 is 1.02 bits per heavy atom. The van der Waals surface area contributed by atoms with Gasteiger partial charge in [-0.1, -0.05) is 42.1 Å². The number of benzene rings is 2. The second kappa shape index (κ2) is 14.0. The van der Waals surface area contributed by atoms with Crippen molar-refractivity contribution in [2.45, 2.75) is 45.8 Å². The molecule has 5 rings (SSSR count). The molecule has 2 aromatic rings. The number of carbonyl (C=O) groups is 3. The zero-order valence-corrected chi connectivity index (χ0v) is 26.2. The molecule has 0 unspecified atom stereocenters. The topological polar surface area (TPSA) is 107 Å². The summed E-state index contributed by atoms with van der Waals surface area (Å²) in [7, 11) is 3.14. The van der Waals surface area contributed by atoms with Gasteiger partial charge in [-0.3, -0.25) is 9.59 Å². The number of amides is 1. The number of ether oxygens (including phenoxy) is 4. The van der Waals surface area contributed by atoms with Gasteiger partial charge >= 0.3 is 11.9 Å². The summed E-state index contributed by atoms with van der Waals surface area (Å²) >= 11 is 1.40. The highest BCUT2D eigenvalue weighted by atomic mass is 32.2. The Balaban J connectivity index is 1.45. The number of thioether (sulfide) groups is 1. The van der Waals surface area contributed by atoms with Crippen LogP contribution in [0.15, 0.2) is 75.9 Å². The molecule has 0 N–H and O–H groups in total. The summed E-state index contributed by atoms with van der Waals surface area (Å²) < 4.78 is 22.2. The van der Waals surface area contributed by atoms with Crippen molar-refractivity contribution >= 4 is 34.8 Å². The largest absolute Gasteiger partial charge is 0.497 e. The fourth-order valence-electron chi connectivity index (χ4n) is 5.66. The van der Waals surface area contributed by atoms with Crippen molar-refractivity contribution in [3.63, 3.8) is 0 Å². The normalized spacial score (nSPS) is 19.5. The van der Waals surface area contributed by atoms with E-state index in [-0.39, 0.29) is 30.8 Å². The van der Waals surface area contributed by atoms with E-state index in [1.54, 1.807) is 39.0 Å². The molecular weight excluding hydrogens is 582 g/mol. The maximum absolute atomic E-state index is 13.8. The fraction of sp³-hybridized carbons (Fsp3) is 0.394. The van der Waals surface area contributed by atoms with E-state index in [1.165, 1.54) is 11.8 Å². The zero-order chi connectivity index (χ0) is 31.2. The van der Waals surface area contributed by atoms with E-state index in [0.717, 1.165) is 17.5 Å². The molecule has 232 valence electrons. The summed E-state index contributed by atoms with van der Waals surface area (Å²) in [6.07, 6.45) is 1.50. The number of hydrogen-bond donors (Lipinski definition) is 0. The lowest BCUT2D eigenvalue weighted by Gasteiger charge is -2.37. The first-order chi connectivity index (χ1) is 21.3. The van der Waals surface area contributed by atoms with Gasteiger partial charge < -0.3 is 28.7 Å². The highest BCUT2D eigenvalue weighted by molar-refractivity contribution is 8.16. The molecule has 0 bridgehead atoms. The summed E-state index contributed by atoms with van der Waals surface area (Å²) in [6.45, 7) is 4.88. The van der Waals surface area contributed by atoms with Crippen LogP contribution in [0.25, 0.3) is 0 Å². The van der Waals surface area contributed by atoms with Crippen LogP contribution in [0.5, 0.6) is 11.5 Å². The number of methoxy groups -OCH3 is 2. The van der Waals surface area contributed by atoms with Crippen molar-refractivity contribution in [1.29, 1.82) is 0 Å². The average Bonchev–Trinajstić information content (AvgIpc) is 3.44. The fourth-order valence-corrected chi connectivity index (χ4v) is 6.62. The number of amidine groups is 1. The Hall–Kier alpha value is -4.25. The Kier molecular flexibility index (Phi) is 9.94. The zero-order valence-electron chi connectivity index (χ0n) is 25.4. The van der Waals surface area contributed by atoms with Gasteiger partial charge in [-0.2, -0.15) is 0 Å². The first-order valence-electron chi connectivity index (χ1n) is 14.7. The van der Waals surface area contributed by atoms with Gasteiger partial charge in [0.05, 0.1) is 50.5 Å². The van der Waals surface area contributed by atoms with Crippen molar-refractivity contribution in [2.75, 3.05) is 33.9 Å². The second-order valence-corrected chi connectivity index (χ2v) is 11.5. The molecule has 11 heteroatoms. The predicted molar refractivity (Wildman–Crippen MR) is 167 cm³/mol. The SMILES string of the molecule is CCOC(=O)[C@H]1CCCN(C(=O)CC2=CSC3=NC(C)=C(C(=O)OCc4ccccc4)[C@@H](c4cc(OC)cc(OC)c4)N23)C1. The molecule has 0 saturated carbocycles. The molecule has 2 aromatic carbocycles. The van der Waals surface area contributed by atoms with Crippen LogP contribution in [0.3, 0.4) is 0 Å². The van der Waals surface area contributed by atoms with E-state index < -0.39 is 12.0 Å². The highest BCUT2D eigenvalue weighted by Gasteiger charge is 2.42. The van der Waals surface area contributed by atoms with Gasteiger partial charge in [-0.15, -0.1) is 0 Å². The first-order valence-corrected chi connectivity index (χ1v) is 15.5. The monoisotopic (exact) mass is 619 g/mol. The molecule has 0 radical (unpaired) electrons. The minimum atomic E-state index is -0.655. The lowest BCUT2D eigenvalue weighted by atomic mass is 9.93. The summed E-state index contributed by atoms with van der Waals surface area (Å²) in [4.78, 5) is 48.3. The molecule has 1 fully saturated rings. The van der Waals surface area contributed by atoms with E-state index >= 15 is 0 Å². The number of fused-ring (bicyclic) bond motifs is 1. The number of rotatable bonds is 10. The highest BCUT2D eigenvalue weighted by Crippen LogP contribution is 2.46. The number of likely N-dealkylation sites (tertiary alicyclic amines) is 1. The Labute approximate surface area is 261 Å². The van der Waals surface area contributed by atoms with E-state index in [0.29, 0.717) is 59.8 Å². The van der Waals surface area contributed by atoms with E-state index in [4.69, 9.17) is 23.9 Å². The summed E-state index contributed by atoms with van der Waals surface area (Å²) in [5.41, 5.74) is 3.18. The first kappa shape index (κ1) is 31.2. The van der Waals surface area contributed by atoms with Gasteiger partial charge in [0, 0.05) is 24.9 Å². The minimum absolute atomic E-state index is 0.0740. The number of piperidine rings is 1. The third-order valence-corrected chi connectivity index (χ3v) is 8.74. The van der Waals surface area contributed by atoms with Crippen LogP contribution < -0.4 is 9.47 Å². The molecule has 2 atom stereocenters. The van der Waals surface area contributed by atoms with Gasteiger partial charge in [-0.05, 0) is 55.4 Å². The number of allylic oxidation sites excluding steroid dienone is 1. The smallest absolute Gasteiger partial charge is 0.338 e. The third-order valence-electron chi connectivity index (χ3n) is 7.85. The molecule has 3 heterocycles. The maximum Gasteiger partial charge on any atom is 0.338 e.